The van der Waals surface area contributed by atoms with E-state index in [0.717, 1.165) is 27.7 Å². The molecule has 14 heteroatoms. The van der Waals surface area contributed by atoms with Gasteiger partial charge in [0.2, 0.25) is 0 Å². The highest BCUT2D eigenvalue weighted by atomic mass is 16.6. The van der Waals surface area contributed by atoms with E-state index in [1.807, 2.05) is 0 Å². The molecule has 1 aliphatic heterocycles. The van der Waals surface area contributed by atoms with Crippen LogP contribution in [0.1, 0.15) is 27.7 Å². The summed E-state index contributed by atoms with van der Waals surface area (Å²) in [6.45, 7) is 3.32. The Labute approximate surface area is 159 Å². The van der Waals surface area contributed by atoms with Crippen molar-refractivity contribution < 1.29 is 69.9 Å². The monoisotopic (exact) mass is 415 g/mol. The van der Waals surface area contributed by atoms with Crippen LogP contribution >= 0.6 is 0 Å². The molecule has 4 N–H and O–H groups in total. The SMILES string of the molecule is CC(=O)[O-].CC(=O)[O-].CC(=O)[O-].CC(=O)[O-].[O-]C1OC(CO)C(O)C(O)C1O. The van der Waals surface area contributed by atoms with Crippen molar-refractivity contribution >= 4 is 23.9 Å². The van der Waals surface area contributed by atoms with E-state index >= 15 is 0 Å². The molecule has 14 nitrogen and oxygen atoms in total. The van der Waals surface area contributed by atoms with Gasteiger partial charge >= 0.3 is 0 Å². The molecule has 5 unspecified atom stereocenters. The third-order valence-corrected chi connectivity index (χ3v) is 1.85. The lowest BCUT2D eigenvalue weighted by Gasteiger charge is -2.43. The zero-order valence-corrected chi connectivity index (χ0v) is 15.5. The summed E-state index contributed by atoms with van der Waals surface area (Å²) in [5.41, 5.74) is 0. The van der Waals surface area contributed by atoms with Gasteiger partial charge in [0.1, 0.15) is 18.3 Å². The molecule has 0 aromatic rings. The topological polar surface area (TPSA) is 274 Å². The van der Waals surface area contributed by atoms with Crippen molar-refractivity contribution in [3.63, 3.8) is 0 Å². The van der Waals surface area contributed by atoms with Gasteiger partial charge in [-0.1, -0.05) is 0 Å². The first-order valence-corrected chi connectivity index (χ1v) is 7.17. The standard InChI is InChI=1S/C6H11O6.4C2H4O2/c7-1-2-3(8)4(9)5(10)6(11)12-2;4*1-2(3)4/h2-10H,1H2;4*1H3,(H,3,4)/q-1;;;;/p-4. The minimum Gasteiger partial charge on any atom is -0.829 e. The molecule has 0 aromatic heterocycles. The molecule has 5 atom stereocenters. The molecule has 0 aromatic carbocycles. The highest BCUT2D eigenvalue weighted by Gasteiger charge is 2.38. The number of carbonyl (C=O) groups is 4. The van der Waals surface area contributed by atoms with E-state index in [1.54, 1.807) is 0 Å². The normalized spacial score (nSPS) is 24.7. The second kappa shape index (κ2) is 19.4. The van der Waals surface area contributed by atoms with Crippen molar-refractivity contribution in [2.24, 2.45) is 0 Å². The number of hydrogen-bond acceptors (Lipinski definition) is 14. The molecule has 0 spiro atoms. The summed E-state index contributed by atoms with van der Waals surface area (Å²) in [5.74, 6) is -4.33. The van der Waals surface area contributed by atoms with Crippen molar-refractivity contribution in [2.75, 3.05) is 6.61 Å². The fourth-order valence-corrected chi connectivity index (χ4v) is 1.07. The zero-order chi connectivity index (χ0) is 23.6. The summed E-state index contributed by atoms with van der Waals surface area (Å²) >= 11 is 0. The second-order valence-electron chi connectivity index (χ2n) is 4.66. The predicted molar refractivity (Wildman–Crippen MR) is 76.5 cm³/mol. The van der Waals surface area contributed by atoms with Crippen molar-refractivity contribution in [1.82, 2.24) is 0 Å². The minimum absolute atomic E-state index is 0.566. The Bertz CT molecular complexity index is 383. The first-order valence-electron chi connectivity index (χ1n) is 7.17. The fourth-order valence-electron chi connectivity index (χ4n) is 1.07. The summed E-state index contributed by atoms with van der Waals surface area (Å²) in [6.07, 6.45) is -7.57. The Morgan fingerprint density at radius 2 is 0.964 bits per heavy atom. The molecule has 28 heavy (non-hydrogen) atoms. The number of hydrogen-bond donors (Lipinski definition) is 4. The Morgan fingerprint density at radius 3 is 1.18 bits per heavy atom. The molecule has 1 aliphatic rings. The maximum absolute atomic E-state index is 10.7. The van der Waals surface area contributed by atoms with Gasteiger partial charge in [-0.2, -0.15) is 0 Å². The highest BCUT2D eigenvalue weighted by molar-refractivity contribution is 5.61. The number of carboxylic acids is 4. The van der Waals surface area contributed by atoms with E-state index < -0.39 is 61.2 Å². The number of aliphatic hydroxyl groups excluding tert-OH is 4. The summed E-state index contributed by atoms with van der Waals surface area (Å²) in [5, 5.41) is 81.9. The molecule has 168 valence electrons. The number of carboxylic acid groups (broad SMARTS) is 4. The molecule has 1 saturated heterocycles. The van der Waals surface area contributed by atoms with Gasteiger partial charge in [-0.25, -0.2) is 0 Å². The molecule has 1 fully saturated rings. The second-order valence-corrected chi connectivity index (χ2v) is 4.66. The number of rotatable bonds is 1. The summed E-state index contributed by atoms with van der Waals surface area (Å²) in [6, 6.07) is 0. The Kier molecular flexibility index (Phi) is 23.0. The predicted octanol–water partition coefficient (Wildman–Crippen LogP) is -8.83. The zero-order valence-electron chi connectivity index (χ0n) is 15.5. The van der Waals surface area contributed by atoms with Gasteiger partial charge in [0.15, 0.2) is 0 Å². The Balaban J connectivity index is -0.000000150. The van der Waals surface area contributed by atoms with Crippen LogP contribution in [0.15, 0.2) is 0 Å². The van der Waals surface area contributed by atoms with Crippen LogP contribution in [0.2, 0.25) is 0 Å². The van der Waals surface area contributed by atoms with E-state index in [0.29, 0.717) is 0 Å². The van der Waals surface area contributed by atoms with Gasteiger partial charge in [-0.15, -0.1) is 0 Å². The van der Waals surface area contributed by atoms with Gasteiger partial charge in [0, 0.05) is 30.2 Å². The van der Waals surface area contributed by atoms with E-state index in [2.05, 4.69) is 4.74 Å². The van der Waals surface area contributed by atoms with Crippen molar-refractivity contribution in [3.05, 3.63) is 0 Å². The van der Waals surface area contributed by atoms with Gasteiger partial charge in [0.05, 0.1) is 12.7 Å². The summed E-state index contributed by atoms with van der Waals surface area (Å²) in [7, 11) is 0. The molecule has 0 saturated carbocycles. The van der Waals surface area contributed by atoms with Gasteiger partial charge < -0.3 is 69.9 Å². The van der Waals surface area contributed by atoms with Crippen LogP contribution in [-0.2, 0) is 23.9 Å². The molecule has 1 heterocycles. The Hall–Kier alpha value is -2.36. The quantitative estimate of drug-likeness (QED) is 0.309. The highest BCUT2D eigenvalue weighted by Crippen LogP contribution is 2.17. The molecule has 0 amide bonds. The molecule has 0 aliphatic carbocycles. The van der Waals surface area contributed by atoms with Crippen LogP contribution in [0.3, 0.4) is 0 Å². The average molecular weight is 415 g/mol. The first kappa shape index (κ1) is 33.2. The van der Waals surface area contributed by atoms with Crippen LogP contribution < -0.4 is 25.5 Å². The Morgan fingerprint density at radius 1 is 0.714 bits per heavy atom. The van der Waals surface area contributed by atoms with E-state index in [9.17, 15) is 5.11 Å². The smallest absolute Gasteiger partial charge is 0.111 e. The van der Waals surface area contributed by atoms with Crippen LogP contribution in [-0.4, -0.2) is 81.6 Å². The van der Waals surface area contributed by atoms with Gasteiger partial charge in [0.25, 0.3) is 0 Å². The van der Waals surface area contributed by atoms with Gasteiger partial charge in [-0.05, 0) is 27.7 Å². The van der Waals surface area contributed by atoms with Crippen LogP contribution in [0.5, 0.6) is 0 Å². The van der Waals surface area contributed by atoms with Crippen LogP contribution in [0.25, 0.3) is 0 Å². The van der Waals surface area contributed by atoms with Gasteiger partial charge in [-0.3, -0.25) is 0 Å². The van der Waals surface area contributed by atoms with Crippen molar-refractivity contribution in [2.45, 2.75) is 58.4 Å². The lowest BCUT2D eigenvalue weighted by atomic mass is 10.00. The van der Waals surface area contributed by atoms with Crippen LogP contribution in [0, 0.1) is 0 Å². The molecule has 1 rings (SSSR count). The average Bonchev–Trinajstić information content (AvgIpc) is 2.46. The molecular weight excluding hydrogens is 392 g/mol. The molecule has 0 bridgehead atoms. The number of ether oxygens (including phenoxy) is 1. The third-order valence-electron chi connectivity index (χ3n) is 1.85. The first-order chi connectivity index (χ1) is 12.5. The summed E-state index contributed by atoms with van der Waals surface area (Å²) < 4.78 is 4.46. The lowest BCUT2D eigenvalue weighted by molar-refractivity contribution is -0.532. The van der Waals surface area contributed by atoms with Crippen molar-refractivity contribution in [1.29, 1.82) is 0 Å². The number of aliphatic carboxylic acids is 4. The number of aliphatic hydroxyl groups is 4. The van der Waals surface area contributed by atoms with E-state index in [4.69, 9.17) is 60.0 Å². The summed E-state index contributed by atoms with van der Waals surface area (Å²) in [4.78, 5) is 35.6. The lowest BCUT2D eigenvalue weighted by Crippen LogP contribution is -2.62. The molecular formula is C14H23O14-5. The largest absolute Gasteiger partial charge is 0.829 e. The van der Waals surface area contributed by atoms with E-state index in [1.165, 1.54) is 0 Å². The van der Waals surface area contributed by atoms with E-state index in [-0.39, 0.29) is 0 Å². The third kappa shape index (κ3) is 31.4. The maximum Gasteiger partial charge on any atom is 0.111 e. The van der Waals surface area contributed by atoms with Crippen LogP contribution in [0.4, 0.5) is 0 Å². The maximum atomic E-state index is 10.7. The number of carbonyl (C=O) groups excluding carboxylic acids is 4. The minimum atomic E-state index is -1.82. The van der Waals surface area contributed by atoms with Crippen molar-refractivity contribution in [3.8, 4) is 0 Å². The molecule has 0 radical (unpaired) electrons. The fraction of sp³-hybridized carbons (Fsp3) is 0.714.